The summed E-state index contributed by atoms with van der Waals surface area (Å²) in [7, 11) is 0. The quantitative estimate of drug-likeness (QED) is 0.553. The average Bonchev–Trinajstić information content (AvgIpc) is 2.18. The summed E-state index contributed by atoms with van der Waals surface area (Å²) in [5, 5.41) is 0. The van der Waals surface area contributed by atoms with Gasteiger partial charge in [-0.2, -0.15) is 48.3 Å². The van der Waals surface area contributed by atoms with E-state index in [2.05, 4.69) is 9.47 Å². The first-order valence-corrected chi connectivity index (χ1v) is 4.48. The fraction of sp³-hybridized carbons (Fsp3) is 1.00. The molecule has 0 aromatic carbocycles. The largest absolute Gasteiger partial charge is 0.440 e. The van der Waals surface area contributed by atoms with Crippen LogP contribution in [0.2, 0.25) is 0 Å². The molecule has 0 rings (SSSR count). The second kappa shape index (κ2) is 6.06. The maximum Gasteiger partial charge on any atom is 0.440 e. The third-order valence-corrected chi connectivity index (χ3v) is 1.51. The maximum atomic E-state index is 12.5. The highest BCUT2D eigenvalue weighted by Crippen LogP contribution is 2.39. The molecule has 0 saturated heterocycles. The Morgan fingerprint density at radius 1 is 0.714 bits per heavy atom. The van der Waals surface area contributed by atoms with Gasteiger partial charge in [0.25, 0.3) is 12.5 Å². The second-order valence-electron chi connectivity index (χ2n) is 3.38. The zero-order valence-corrected chi connectivity index (χ0v) is 9.21. The van der Waals surface area contributed by atoms with E-state index >= 15 is 0 Å². The molecule has 0 saturated carbocycles. The Morgan fingerprint density at radius 2 is 1.14 bits per heavy atom. The van der Waals surface area contributed by atoms with Crippen LogP contribution >= 0.6 is 0 Å². The van der Waals surface area contributed by atoms with E-state index in [0.29, 0.717) is 0 Å². The normalized spacial score (nSPS) is 17.7. The van der Waals surface area contributed by atoms with Gasteiger partial charge in [0.05, 0.1) is 0 Å². The molecule has 14 heteroatoms. The van der Waals surface area contributed by atoms with E-state index in [4.69, 9.17) is 0 Å². The lowest BCUT2D eigenvalue weighted by Gasteiger charge is -2.28. The highest BCUT2D eigenvalue weighted by Gasteiger charge is 2.61. The SMILES string of the molecule is FC(C(F)(F)F)C(F)(F)OC(OCC(F)(F)F)C(F)(F)F. The zero-order chi connectivity index (χ0) is 17.3. The molecule has 21 heavy (non-hydrogen) atoms. The molecule has 0 bridgehead atoms. The van der Waals surface area contributed by atoms with Crippen molar-refractivity contribution in [2.45, 2.75) is 37.1 Å². The first-order chi connectivity index (χ1) is 8.97. The number of hydrogen-bond donors (Lipinski definition) is 0. The lowest BCUT2D eigenvalue weighted by Crippen LogP contribution is -2.49. The predicted molar refractivity (Wildman–Crippen MR) is 38.8 cm³/mol. The first-order valence-electron chi connectivity index (χ1n) is 4.48. The molecule has 2 atom stereocenters. The van der Waals surface area contributed by atoms with Crippen molar-refractivity contribution in [2.24, 2.45) is 0 Å². The van der Waals surface area contributed by atoms with Crippen molar-refractivity contribution in [3.8, 4) is 0 Å². The van der Waals surface area contributed by atoms with Gasteiger partial charge in [-0.3, -0.25) is 4.74 Å². The number of hydrogen-bond acceptors (Lipinski definition) is 2. The van der Waals surface area contributed by atoms with Gasteiger partial charge in [0.1, 0.15) is 6.61 Å². The molecular formula is C7H4F12O2. The third kappa shape index (κ3) is 7.06. The summed E-state index contributed by atoms with van der Waals surface area (Å²) < 4.78 is 148. The van der Waals surface area contributed by atoms with Gasteiger partial charge in [0.15, 0.2) is 0 Å². The van der Waals surface area contributed by atoms with Crippen molar-refractivity contribution < 1.29 is 62.2 Å². The molecular weight excluding hydrogens is 344 g/mol. The Morgan fingerprint density at radius 3 is 1.43 bits per heavy atom. The van der Waals surface area contributed by atoms with Crippen LogP contribution in [0, 0.1) is 0 Å². The number of rotatable bonds is 5. The van der Waals surface area contributed by atoms with Gasteiger partial charge in [-0.15, -0.1) is 0 Å². The molecule has 128 valence electrons. The first kappa shape index (κ1) is 20.1. The summed E-state index contributed by atoms with van der Waals surface area (Å²) in [5.74, 6) is 0. The van der Waals surface area contributed by atoms with Gasteiger partial charge in [0.2, 0.25) is 0 Å². The monoisotopic (exact) mass is 348 g/mol. The Balaban J connectivity index is 5.05. The van der Waals surface area contributed by atoms with Gasteiger partial charge >= 0.3 is 24.6 Å². The molecule has 0 spiro atoms. The highest BCUT2D eigenvalue weighted by atomic mass is 19.4. The number of halogens is 12. The molecule has 0 N–H and O–H groups in total. The smallest absolute Gasteiger partial charge is 0.335 e. The highest BCUT2D eigenvalue weighted by molar-refractivity contribution is 4.77. The number of ether oxygens (including phenoxy) is 2. The minimum atomic E-state index is -6.30. The Labute approximate surface area is 107 Å². The van der Waals surface area contributed by atoms with Gasteiger partial charge in [-0.1, -0.05) is 0 Å². The molecule has 0 aliphatic rings. The van der Waals surface area contributed by atoms with E-state index in [1.54, 1.807) is 0 Å². The molecule has 0 aliphatic heterocycles. The molecule has 0 heterocycles. The summed E-state index contributed by atoms with van der Waals surface area (Å²) >= 11 is 0. The van der Waals surface area contributed by atoms with E-state index in [9.17, 15) is 52.7 Å². The van der Waals surface area contributed by atoms with Gasteiger partial charge < -0.3 is 4.74 Å². The van der Waals surface area contributed by atoms with Crippen LogP contribution in [0.15, 0.2) is 0 Å². The van der Waals surface area contributed by atoms with Gasteiger partial charge in [-0.05, 0) is 0 Å². The van der Waals surface area contributed by atoms with Crippen molar-refractivity contribution in [3.05, 3.63) is 0 Å². The van der Waals surface area contributed by atoms with Gasteiger partial charge in [0, 0.05) is 0 Å². The van der Waals surface area contributed by atoms with Crippen LogP contribution in [0.3, 0.4) is 0 Å². The fourth-order valence-corrected chi connectivity index (χ4v) is 0.758. The summed E-state index contributed by atoms with van der Waals surface area (Å²) in [6, 6.07) is 0. The van der Waals surface area contributed by atoms with Crippen molar-refractivity contribution in [1.82, 2.24) is 0 Å². The Hall–Kier alpha value is -0.920. The van der Waals surface area contributed by atoms with Crippen molar-refractivity contribution >= 4 is 0 Å². The van der Waals surface area contributed by atoms with Crippen LogP contribution < -0.4 is 0 Å². The zero-order valence-electron chi connectivity index (χ0n) is 9.21. The van der Waals surface area contributed by atoms with Crippen molar-refractivity contribution in [2.75, 3.05) is 6.61 Å². The minimum Gasteiger partial charge on any atom is -0.335 e. The van der Waals surface area contributed by atoms with Crippen LogP contribution in [0.25, 0.3) is 0 Å². The molecule has 0 aliphatic carbocycles. The minimum absolute atomic E-state index is 2.41. The lowest BCUT2D eigenvalue weighted by atomic mass is 10.3. The molecule has 2 unspecified atom stereocenters. The van der Waals surface area contributed by atoms with Crippen molar-refractivity contribution in [1.29, 1.82) is 0 Å². The number of alkyl halides is 12. The summed E-state index contributed by atoms with van der Waals surface area (Å²) in [4.78, 5) is 0. The molecule has 0 aromatic rings. The van der Waals surface area contributed by atoms with Crippen LogP contribution in [0.5, 0.6) is 0 Å². The summed E-state index contributed by atoms with van der Waals surface area (Å²) in [6.07, 6.45) is -33.5. The predicted octanol–water partition coefficient (Wildman–Crippen LogP) is 3.96. The van der Waals surface area contributed by atoms with Crippen LogP contribution in [0.1, 0.15) is 0 Å². The Kier molecular flexibility index (Phi) is 5.79. The van der Waals surface area contributed by atoms with E-state index in [1.807, 2.05) is 0 Å². The third-order valence-electron chi connectivity index (χ3n) is 1.51. The van der Waals surface area contributed by atoms with Crippen molar-refractivity contribution in [3.63, 3.8) is 0 Å². The summed E-state index contributed by atoms with van der Waals surface area (Å²) in [6.45, 7) is -2.75. The standard InChI is InChI=1S/C7H4F12O2/c8-2(5(12,13)14)7(18,19)21-3(6(15,16)17)20-1-4(9,10)11/h2-3H,1H2. The molecule has 0 aromatic heterocycles. The fourth-order valence-electron chi connectivity index (χ4n) is 0.758. The second-order valence-corrected chi connectivity index (χ2v) is 3.38. The van der Waals surface area contributed by atoms with E-state index < -0.39 is 43.7 Å². The van der Waals surface area contributed by atoms with Gasteiger partial charge in [-0.25, -0.2) is 4.39 Å². The maximum absolute atomic E-state index is 12.5. The van der Waals surface area contributed by atoms with E-state index in [1.165, 1.54) is 0 Å². The Bertz CT molecular complexity index is 328. The summed E-state index contributed by atoms with van der Waals surface area (Å²) in [5.41, 5.74) is 0. The molecule has 0 fully saturated rings. The lowest BCUT2D eigenvalue weighted by molar-refractivity contribution is -0.424. The van der Waals surface area contributed by atoms with Crippen LogP contribution in [0.4, 0.5) is 52.7 Å². The van der Waals surface area contributed by atoms with E-state index in [-0.39, 0.29) is 0 Å². The molecule has 0 amide bonds. The topological polar surface area (TPSA) is 18.5 Å². The molecule has 2 nitrogen and oxygen atoms in total. The van der Waals surface area contributed by atoms with E-state index in [0.717, 1.165) is 0 Å². The van der Waals surface area contributed by atoms with Crippen LogP contribution in [-0.4, -0.2) is 43.7 Å². The molecule has 0 radical (unpaired) electrons. The van der Waals surface area contributed by atoms with Crippen LogP contribution in [-0.2, 0) is 9.47 Å². The average molecular weight is 348 g/mol.